The Bertz CT molecular complexity index is 1120. The maximum Gasteiger partial charge on any atom is 0.268 e. The third-order valence-electron chi connectivity index (χ3n) is 4.77. The van der Waals surface area contributed by atoms with E-state index in [9.17, 15) is 13.2 Å². The van der Waals surface area contributed by atoms with Gasteiger partial charge in [0, 0.05) is 31.0 Å². The van der Waals surface area contributed by atoms with Gasteiger partial charge in [0.05, 0.1) is 17.5 Å². The van der Waals surface area contributed by atoms with Crippen molar-refractivity contribution in [2.24, 2.45) is 0 Å². The van der Waals surface area contributed by atoms with Crippen molar-refractivity contribution in [1.29, 1.82) is 0 Å². The first-order valence-electron chi connectivity index (χ1n) is 8.99. The molecule has 7 heteroatoms. The van der Waals surface area contributed by atoms with Gasteiger partial charge in [0.25, 0.3) is 10.0 Å². The molecule has 0 aliphatic rings. The van der Waals surface area contributed by atoms with Gasteiger partial charge in [0.1, 0.15) is 5.75 Å². The zero-order valence-corrected chi connectivity index (χ0v) is 17.2. The maximum atomic E-state index is 13.3. The second kappa shape index (κ2) is 7.67. The number of carbonyl (C=O) groups excluding carboxylic acids is 1. The van der Waals surface area contributed by atoms with E-state index in [1.807, 2.05) is 19.9 Å². The lowest BCUT2D eigenvalue weighted by molar-refractivity contribution is -0.119. The van der Waals surface area contributed by atoms with E-state index in [0.29, 0.717) is 17.8 Å². The minimum absolute atomic E-state index is 0.0760. The standard InChI is InChI=1S/C21H24N2O4S/c1-14-5-8-18(9-6-14)28(25,26)23-13-20(15(2)12-22-16(3)24)19-11-17(27-4)7-10-21(19)23/h5-11,13,15H,12H2,1-4H3,(H,22,24). The Hall–Kier alpha value is -2.80. The van der Waals surface area contributed by atoms with E-state index in [1.165, 1.54) is 10.9 Å². The van der Waals surface area contributed by atoms with E-state index in [2.05, 4.69) is 5.32 Å². The molecule has 148 valence electrons. The highest BCUT2D eigenvalue weighted by Crippen LogP contribution is 2.33. The molecule has 0 spiro atoms. The fourth-order valence-electron chi connectivity index (χ4n) is 3.15. The predicted octanol–water partition coefficient (Wildman–Crippen LogP) is 3.43. The lowest BCUT2D eigenvalue weighted by Gasteiger charge is -2.11. The number of ether oxygens (including phenoxy) is 1. The SMILES string of the molecule is COc1ccc2c(c1)c(C(C)CNC(C)=O)cn2S(=O)(=O)c1ccc(C)cc1. The quantitative estimate of drug-likeness (QED) is 0.688. The van der Waals surface area contributed by atoms with Crippen LogP contribution in [0.15, 0.2) is 53.6 Å². The highest BCUT2D eigenvalue weighted by Gasteiger charge is 2.23. The molecule has 1 unspecified atom stereocenters. The van der Waals surface area contributed by atoms with Crippen molar-refractivity contribution in [2.75, 3.05) is 13.7 Å². The molecule has 1 amide bonds. The molecule has 0 saturated heterocycles. The molecule has 1 heterocycles. The number of carbonyl (C=O) groups is 1. The Labute approximate surface area is 165 Å². The van der Waals surface area contributed by atoms with Crippen LogP contribution in [-0.4, -0.2) is 32.0 Å². The first kappa shape index (κ1) is 19.9. The van der Waals surface area contributed by atoms with Crippen LogP contribution in [0.3, 0.4) is 0 Å². The summed E-state index contributed by atoms with van der Waals surface area (Å²) >= 11 is 0. The van der Waals surface area contributed by atoms with Crippen molar-refractivity contribution in [3.05, 3.63) is 59.8 Å². The third-order valence-corrected chi connectivity index (χ3v) is 6.46. The number of hydrogen-bond donors (Lipinski definition) is 1. The van der Waals surface area contributed by atoms with Crippen LogP contribution >= 0.6 is 0 Å². The van der Waals surface area contributed by atoms with Crippen LogP contribution in [0.4, 0.5) is 0 Å². The van der Waals surface area contributed by atoms with E-state index in [4.69, 9.17) is 4.74 Å². The molecule has 0 aliphatic carbocycles. The molecule has 0 fully saturated rings. The van der Waals surface area contributed by atoms with Gasteiger partial charge in [0.2, 0.25) is 5.91 Å². The van der Waals surface area contributed by atoms with Crippen LogP contribution in [0.25, 0.3) is 10.9 Å². The molecule has 3 rings (SSSR count). The topological polar surface area (TPSA) is 77.4 Å². The Morgan fingerprint density at radius 3 is 2.46 bits per heavy atom. The van der Waals surface area contributed by atoms with Gasteiger partial charge in [-0.1, -0.05) is 24.6 Å². The zero-order valence-electron chi connectivity index (χ0n) is 16.4. The summed E-state index contributed by atoms with van der Waals surface area (Å²) in [6, 6.07) is 12.1. The monoisotopic (exact) mass is 400 g/mol. The number of benzene rings is 2. The highest BCUT2D eigenvalue weighted by molar-refractivity contribution is 7.90. The van der Waals surface area contributed by atoms with Gasteiger partial charge in [-0.15, -0.1) is 0 Å². The largest absolute Gasteiger partial charge is 0.497 e. The summed E-state index contributed by atoms with van der Waals surface area (Å²) in [6.45, 7) is 5.74. The fourth-order valence-corrected chi connectivity index (χ4v) is 4.53. The molecular weight excluding hydrogens is 376 g/mol. The summed E-state index contributed by atoms with van der Waals surface area (Å²) in [5.41, 5.74) is 2.40. The number of aromatic nitrogens is 1. The van der Waals surface area contributed by atoms with Gasteiger partial charge in [-0.25, -0.2) is 12.4 Å². The molecule has 0 aliphatic heterocycles. The van der Waals surface area contributed by atoms with Gasteiger partial charge >= 0.3 is 0 Å². The summed E-state index contributed by atoms with van der Waals surface area (Å²) in [6.07, 6.45) is 1.64. The minimum Gasteiger partial charge on any atom is -0.497 e. The zero-order chi connectivity index (χ0) is 20.5. The maximum absolute atomic E-state index is 13.3. The molecule has 28 heavy (non-hydrogen) atoms. The van der Waals surface area contributed by atoms with Crippen molar-refractivity contribution < 1.29 is 17.9 Å². The van der Waals surface area contributed by atoms with Gasteiger partial charge in [-0.05, 0) is 42.8 Å². The Kier molecular flexibility index (Phi) is 5.47. The number of rotatable bonds is 6. The summed E-state index contributed by atoms with van der Waals surface area (Å²) in [5.74, 6) is 0.444. The molecule has 0 radical (unpaired) electrons. The smallest absolute Gasteiger partial charge is 0.268 e. The van der Waals surface area contributed by atoms with Crippen LogP contribution in [0, 0.1) is 6.92 Å². The predicted molar refractivity (Wildman–Crippen MR) is 109 cm³/mol. The number of nitrogens with one attached hydrogen (secondary N) is 1. The van der Waals surface area contributed by atoms with Crippen molar-refractivity contribution in [3.8, 4) is 5.75 Å². The summed E-state index contributed by atoms with van der Waals surface area (Å²) in [7, 11) is -2.19. The van der Waals surface area contributed by atoms with E-state index in [-0.39, 0.29) is 16.7 Å². The van der Waals surface area contributed by atoms with Gasteiger partial charge in [-0.2, -0.15) is 0 Å². The number of nitrogens with zero attached hydrogens (tertiary/aromatic N) is 1. The molecule has 0 saturated carbocycles. The highest BCUT2D eigenvalue weighted by atomic mass is 32.2. The molecule has 6 nitrogen and oxygen atoms in total. The number of fused-ring (bicyclic) bond motifs is 1. The van der Waals surface area contributed by atoms with Crippen molar-refractivity contribution in [2.45, 2.75) is 31.6 Å². The van der Waals surface area contributed by atoms with E-state index in [1.54, 1.807) is 49.7 Å². The van der Waals surface area contributed by atoms with Crippen LogP contribution in [0.2, 0.25) is 0 Å². The van der Waals surface area contributed by atoms with Crippen molar-refractivity contribution in [1.82, 2.24) is 9.29 Å². The third kappa shape index (κ3) is 3.75. The first-order valence-corrected chi connectivity index (χ1v) is 10.4. The number of aryl methyl sites for hydroxylation is 1. The van der Waals surface area contributed by atoms with Crippen molar-refractivity contribution in [3.63, 3.8) is 0 Å². The number of hydrogen-bond acceptors (Lipinski definition) is 4. The van der Waals surface area contributed by atoms with E-state index < -0.39 is 10.0 Å². The summed E-state index contributed by atoms with van der Waals surface area (Å²) in [5, 5.41) is 3.58. The van der Waals surface area contributed by atoms with Crippen LogP contribution in [0.5, 0.6) is 5.75 Å². The lowest BCUT2D eigenvalue weighted by atomic mass is 10.0. The summed E-state index contributed by atoms with van der Waals surface area (Å²) in [4.78, 5) is 11.5. The van der Waals surface area contributed by atoms with Gasteiger partial charge < -0.3 is 10.1 Å². The number of amides is 1. The lowest BCUT2D eigenvalue weighted by Crippen LogP contribution is -2.24. The van der Waals surface area contributed by atoms with Gasteiger partial charge in [0.15, 0.2) is 0 Å². The molecular formula is C21H24N2O4S. The average molecular weight is 401 g/mol. The number of methoxy groups -OCH3 is 1. The Morgan fingerprint density at radius 1 is 1.18 bits per heavy atom. The summed E-state index contributed by atoms with van der Waals surface area (Å²) < 4.78 is 33.2. The molecule has 2 aromatic carbocycles. The van der Waals surface area contributed by atoms with Crippen LogP contribution < -0.4 is 10.1 Å². The molecule has 1 atom stereocenters. The van der Waals surface area contributed by atoms with Gasteiger partial charge in [-0.3, -0.25) is 4.79 Å². The second-order valence-corrected chi connectivity index (χ2v) is 8.73. The molecule has 0 bridgehead atoms. The van der Waals surface area contributed by atoms with Crippen molar-refractivity contribution >= 4 is 26.8 Å². The Morgan fingerprint density at radius 2 is 1.86 bits per heavy atom. The molecule has 3 aromatic rings. The molecule has 1 aromatic heterocycles. The fraction of sp³-hybridized carbons (Fsp3) is 0.286. The first-order chi connectivity index (χ1) is 13.2. The van der Waals surface area contributed by atoms with Crippen LogP contribution in [0.1, 0.15) is 30.9 Å². The Balaban J connectivity index is 2.17. The molecule has 1 N–H and O–H groups in total. The minimum atomic E-state index is -3.76. The van der Waals surface area contributed by atoms with Crippen LogP contribution in [-0.2, 0) is 14.8 Å². The normalized spacial score (nSPS) is 12.7. The average Bonchev–Trinajstić information content (AvgIpc) is 3.06. The van der Waals surface area contributed by atoms with E-state index in [0.717, 1.165) is 16.5 Å². The second-order valence-electron chi connectivity index (χ2n) is 6.92. The van der Waals surface area contributed by atoms with E-state index >= 15 is 0 Å².